The summed E-state index contributed by atoms with van der Waals surface area (Å²) in [4.78, 5) is 12.4. The number of carbonyl (C=O) groups is 1. The molecule has 0 aromatic heterocycles. The van der Waals surface area contributed by atoms with Gasteiger partial charge in [-0.25, -0.2) is 22.3 Å². The van der Waals surface area contributed by atoms with E-state index in [2.05, 4.69) is 37.7 Å². The van der Waals surface area contributed by atoms with Gasteiger partial charge in [0.15, 0.2) is 0 Å². The standard InChI is InChI=1S/C32H49FN2O5S/c1-5-21-27-28(33)25(36)14-17-32(27,4)24-13-16-31(3)22(11-12-23(31)26(24)29(21)37)19(2)15-18-34-30(38)35-41(39,40)20-9-7-6-8-10-20/h6-10,19,21-29,36-37H,5,11-18H2,1-4H3,(H2,34,35,38)/t19-,21-,22?,23?,24?,25-,26?,27-,28+,29-,31-,32-/m1/s1. The number of nitrogens with one attached hydrogen (secondary N) is 2. The summed E-state index contributed by atoms with van der Waals surface area (Å²) >= 11 is 0. The van der Waals surface area contributed by atoms with E-state index in [1.165, 1.54) is 12.1 Å². The Bertz CT molecular complexity index is 1200. The molecule has 1 aromatic carbocycles. The first kappa shape index (κ1) is 30.7. The van der Waals surface area contributed by atoms with Gasteiger partial charge in [-0.3, -0.25) is 0 Å². The van der Waals surface area contributed by atoms with Crippen LogP contribution in [0.1, 0.15) is 79.1 Å². The third-order valence-electron chi connectivity index (χ3n) is 12.3. The Morgan fingerprint density at radius 3 is 2.39 bits per heavy atom. The minimum Gasteiger partial charge on any atom is -0.393 e. The van der Waals surface area contributed by atoms with E-state index in [4.69, 9.17) is 0 Å². The van der Waals surface area contributed by atoms with Crippen LogP contribution in [0.3, 0.4) is 0 Å². The Labute approximate surface area is 245 Å². The second-order valence-corrected chi connectivity index (χ2v) is 15.8. The molecule has 0 bridgehead atoms. The van der Waals surface area contributed by atoms with Gasteiger partial charge in [0.2, 0.25) is 0 Å². The van der Waals surface area contributed by atoms with Crippen molar-refractivity contribution in [3.63, 3.8) is 0 Å². The average molecular weight is 593 g/mol. The van der Waals surface area contributed by atoms with Crippen molar-refractivity contribution >= 4 is 16.1 Å². The highest BCUT2D eigenvalue weighted by Gasteiger charge is 2.66. The van der Waals surface area contributed by atoms with Gasteiger partial charge < -0.3 is 15.5 Å². The molecule has 41 heavy (non-hydrogen) atoms. The number of urea groups is 1. The van der Waals surface area contributed by atoms with Crippen LogP contribution >= 0.6 is 0 Å². The lowest BCUT2D eigenvalue weighted by molar-refractivity contribution is -0.222. The van der Waals surface area contributed by atoms with E-state index in [1.807, 2.05) is 0 Å². The number of rotatable bonds is 7. The molecule has 4 N–H and O–H groups in total. The van der Waals surface area contributed by atoms with Crippen LogP contribution in [0.25, 0.3) is 0 Å². The molecule has 0 saturated heterocycles. The fourth-order valence-corrected chi connectivity index (χ4v) is 11.3. The van der Waals surface area contributed by atoms with Crippen LogP contribution in [-0.2, 0) is 10.0 Å². The molecule has 4 aliphatic rings. The van der Waals surface area contributed by atoms with Crippen LogP contribution in [0.2, 0.25) is 0 Å². The number of fused-ring (bicyclic) bond motifs is 5. The minimum absolute atomic E-state index is 0.0471. The first-order valence-corrected chi connectivity index (χ1v) is 17.2. The molecule has 0 heterocycles. The summed E-state index contributed by atoms with van der Waals surface area (Å²) in [7, 11) is -3.92. The maximum atomic E-state index is 15.6. The summed E-state index contributed by atoms with van der Waals surface area (Å²) < 4.78 is 42.6. The molecule has 4 unspecified atom stereocenters. The highest BCUT2D eigenvalue weighted by molar-refractivity contribution is 7.90. The first-order valence-electron chi connectivity index (χ1n) is 15.7. The van der Waals surface area contributed by atoms with Crippen LogP contribution in [-0.4, -0.2) is 49.6 Å². The van der Waals surface area contributed by atoms with Gasteiger partial charge in [0.1, 0.15) is 6.17 Å². The van der Waals surface area contributed by atoms with Gasteiger partial charge in [-0.15, -0.1) is 0 Å². The predicted octanol–water partition coefficient (Wildman–Crippen LogP) is 5.28. The van der Waals surface area contributed by atoms with Gasteiger partial charge in [0.05, 0.1) is 17.1 Å². The second kappa shape index (κ2) is 11.4. The number of aliphatic hydroxyl groups is 2. The highest BCUT2D eigenvalue weighted by atomic mass is 32.2. The van der Waals surface area contributed by atoms with E-state index in [0.717, 1.165) is 44.9 Å². The van der Waals surface area contributed by atoms with Crippen LogP contribution in [0.4, 0.5) is 9.18 Å². The number of aliphatic hydroxyl groups excluding tert-OH is 2. The zero-order chi connectivity index (χ0) is 29.7. The van der Waals surface area contributed by atoms with Gasteiger partial charge in [0, 0.05) is 12.5 Å². The predicted molar refractivity (Wildman–Crippen MR) is 156 cm³/mol. The molecule has 12 atom stereocenters. The lowest BCUT2D eigenvalue weighted by Gasteiger charge is -2.65. The molecule has 5 rings (SSSR count). The number of sulfonamides is 1. The highest BCUT2D eigenvalue weighted by Crippen LogP contribution is 2.69. The summed E-state index contributed by atoms with van der Waals surface area (Å²) in [5.41, 5.74) is -0.142. The first-order chi connectivity index (χ1) is 19.3. The molecule has 4 fully saturated rings. The van der Waals surface area contributed by atoms with Gasteiger partial charge in [-0.2, -0.15) is 0 Å². The molecule has 0 aliphatic heterocycles. The summed E-state index contributed by atoms with van der Waals surface area (Å²) in [5, 5.41) is 25.0. The quantitative estimate of drug-likeness (QED) is 0.344. The Balaban J connectivity index is 1.24. The molecule has 0 spiro atoms. The van der Waals surface area contributed by atoms with Crippen molar-refractivity contribution < 1.29 is 27.8 Å². The number of carbonyl (C=O) groups excluding carboxylic acids is 1. The molecule has 4 saturated carbocycles. The molecule has 4 aliphatic carbocycles. The molecular weight excluding hydrogens is 543 g/mol. The van der Waals surface area contributed by atoms with Crippen molar-refractivity contribution in [3.8, 4) is 0 Å². The van der Waals surface area contributed by atoms with Gasteiger partial charge >= 0.3 is 6.03 Å². The summed E-state index contributed by atoms with van der Waals surface area (Å²) in [6.07, 6.45) is 4.15. The molecule has 9 heteroatoms. The van der Waals surface area contributed by atoms with E-state index in [1.54, 1.807) is 18.2 Å². The van der Waals surface area contributed by atoms with Crippen LogP contribution in [0.15, 0.2) is 35.2 Å². The third kappa shape index (κ3) is 5.22. The fourth-order valence-electron chi connectivity index (χ4n) is 10.4. The SMILES string of the molecule is CC[C@@H]1[C@@H]2[C@@H](F)[C@H](O)CC[C@]2(C)C2CC[C@@]3(C)C(CCC3[C@H](C)CCNC(=O)NS(=O)(=O)c3ccccc3)C2[C@@H]1O. The van der Waals surface area contributed by atoms with Crippen molar-refractivity contribution in [3.05, 3.63) is 30.3 Å². The Kier molecular flexibility index (Phi) is 8.56. The van der Waals surface area contributed by atoms with Crippen molar-refractivity contribution in [2.45, 2.75) is 102 Å². The van der Waals surface area contributed by atoms with Crippen molar-refractivity contribution in [2.24, 2.45) is 52.3 Å². The van der Waals surface area contributed by atoms with Crippen LogP contribution in [0, 0.1) is 52.3 Å². The number of benzene rings is 1. The van der Waals surface area contributed by atoms with E-state index < -0.39 is 34.4 Å². The average Bonchev–Trinajstić information content (AvgIpc) is 3.29. The summed E-state index contributed by atoms with van der Waals surface area (Å²) in [6.45, 7) is 9.29. The normalized spacial score (nSPS) is 42.9. The second-order valence-electron chi connectivity index (χ2n) is 14.1. The fraction of sp³-hybridized carbons (Fsp3) is 0.781. The molecule has 230 valence electrons. The summed E-state index contributed by atoms with van der Waals surface area (Å²) in [5.74, 6) is 1.10. The maximum Gasteiger partial charge on any atom is 0.328 e. The van der Waals surface area contributed by atoms with Gasteiger partial charge in [-0.05, 0) is 103 Å². The zero-order valence-electron chi connectivity index (χ0n) is 24.9. The van der Waals surface area contributed by atoms with Gasteiger partial charge in [0.25, 0.3) is 10.0 Å². The van der Waals surface area contributed by atoms with Crippen molar-refractivity contribution in [1.29, 1.82) is 0 Å². The van der Waals surface area contributed by atoms with E-state index in [0.29, 0.717) is 30.7 Å². The number of amides is 2. The topological polar surface area (TPSA) is 116 Å². The third-order valence-corrected chi connectivity index (χ3v) is 13.7. The van der Waals surface area contributed by atoms with E-state index in [-0.39, 0.29) is 39.4 Å². The summed E-state index contributed by atoms with van der Waals surface area (Å²) in [6, 6.07) is 7.12. The van der Waals surface area contributed by atoms with Crippen LogP contribution in [0.5, 0.6) is 0 Å². The molecular formula is C32H49FN2O5S. The number of hydrogen-bond acceptors (Lipinski definition) is 5. The Morgan fingerprint density at radius 1 is 1.05 bits per heavy atom. The minimum atomic E-state index is -3.92. The monoisotopic (exact) mass is 592 g/mol. The molecule has 1 aromatic rings. The smallest absolute Gasteiger partial charge is 0.328 e. The number of hydrogen-bond donors (Lipinski definition) is 4. The molecule has 2 amide bonds. The Hall–Kier alpha value is -1.71. The number of halogens is 1. The van der Waals surface area contributed by atoms with E-state index >= 15 is 4.39 Å². The van der Waals surface area contributed by atoms with Crippen LogP contribution < -0.4 is 10.0 Å². The lowest BCUT2D eigenvalue weighted by atomic mass is 9.41. The largest absolute Gasteiger partial charge is 0.393 e. The van der Waals surface area contributed by atoms with Crippen molar-refractivity contribution in [2.75, 3.05) is 6.54 Å². The van der Waals surface area contributed by atoms with Crippen molar-refractivity contribution in [1.82, 2.24) is 10.0 Å². The van der Waals surface area contributed by atoms with Gasteiger partial charge in [-0.1, -0.05) is 52.3 Å². The zero-order valence-corrected chi connectivity index (χ0v) is 25.7. The Morgan fingerprint density at radius 2 is 1.71 bits per heavy atom. The maximum absolute atomic E-state index is 15.6. The lowest BCUT2D eigenvalue weighted by Crippen LogP contribution is -2.65. The number of alkyl halides is 1. The van der Waals surface area contributed by atoms with E-state index in [9.17, 15) is 23.4 Å². The molecule has 0 radical (unpaired) electrons. The molecule has 7 nitrogen and oxygen atoms in total.